The topological polar surface area (TPSA) is 124 Å². The van der Waals surface area contributed by atoms with Gasteiger partial charge >= 0.3 is 0 Å². The molecule has 2 N–H and O–H groups in total. The van der Waals surface area contributed by atoms with Crippen molar-refractivity contribution in [2.75, 3.05) is 13.1 Å². The Morgan fingerprint density at radius 3 is 2.50 bits per heavy atom. The number of rotatable bonds is 4. The number of hydrogen-bond donors (Lipinski definition) is 1. The maximum absolute atomic E-state index is 12.7. The van der Waals surface area contributed by atoms with Gasteiger partial charge in [0.15, 0.2) is 0 Å². The Hall–Kier alpha value is -2.30. The van der Waals surface area contributed by atoms with Crippen molar-refractivity contribution >= 4 is 15.7 Å². The molecule has 1 aromatic heterocycles. The van der Waals surface area contributed by atoms with E-state index in [1.807, 2.05) is 6.20 Å². The van der Waals surface area contributed by atoms with Gasteiger partial charge in [-0.3, -0.25) is 14.8 Å². The molecule has 1 fully saturated rings. The zero-order valence-corrected chi connectivity index (χ0v) is 13.8. The van der Waals surface area contributed by atoms with Crippen molar-refractivity contribution in [3.8, 4) is 0 Å². The van der Waals surface area contributed by atoms with Crippen molar-refractivity contribution in [3.63, 3.8) is 0 Å². The van der Waals surface area contributed by atoms with E-state index >= 15 is 0 Å². The van der Waals surface area contributed by atoms with Gasteiger partial charge in [-0.2, -0.15) is 9.40 Å². The monoisotopic (exact) mass is 351 g/mol. The summed E-state index contributed by atoms with van der Waals surface area (Å²) >= 11 is 0. The van der Waals surface area contributed by atoms with E-state index in [0.717, 1.165) is 5.56 Å². The van der Waals surface area contributed by atoms with E-state index in [1.54, 1.807) is 17.9 Å². The first-order valence-electron chi connectivity index (χ1n) is 7.28. The molecular formula is C14H17N5O4S. The third-order valence-electron chi connectivity index (χ3n) is 4.17. The van der Waals surface area contributed by atoms with Crippen LogP contribution in [0.5, 0.6) is 0 Å². The van der Waals surface area contributed by atoms with Crippen molar-refractivity contribution < 1.29 is 13.3 Å². The van der Waals surface area contributed by atoms with Gasteiger partial charge in [-0.25, -0.2) is 8.42 Å². The number of nitrogens with zero attached hydrogens (tertiary/aromatic N) is 4. The summed E-state index contributed by atoms with van der Waals surface area (Å²) in [4.78, 5) is 10.1. The van der Waals surface area contributed by atoms with Crippen LogP contribution in [0.4, 0.5) is 5.69 Å². The number of nitro groups is 1. The van der Waals surface area contributed by atoms with E-state index in [9.17, 15) is 18.5 Å². The van der Waals surface area contributed by atoms with Gasteiger partial charge in [0.05, 0.1) is 16.0 Å². The third kappa shape index (κ3) is 2.90. The van der Waals surface area contributed by atoms with Crippen LogP contribution in [0.25, 0.3) is 0 Å². The van der Waals surface area contributed by atoms with E-state index in [0.29, 0.717) is 0 Å². The molecule has 0 unspecified atom stereocenters. The van der Waals surface area contributed by atoms with E-state index in [2.05, 4.69) is 5.10 Å². The summed E-state index contributed by atoms with van der Waals surface area (Å²) in [6.07, 6.45) is 3.51. The summed E-state index contributed by atoms with van der Waals surface area (Å²) in [5.41, 5.74) is 6.86. The van der Waals surface area contributed by atoms with Crippen LogP contribution in [0.1, 0.15) is 11.5 Å². The minimum Gasteiger partial charge on any atom is -0.326 e. The summed E-state index contributed by atoms with van der Waals surface area (Å²) in [6.45, 7) is 0.449. The molecule has 2 heterocycles. The summed E-state index contributed by atoms with van der Waals surface area (Å²) in [5, 5.41) is 14.8. The maximum atomic E-state index is 12.7. The second-order valence-corrected chi connectivity index (χ2v) is 7.73. The minimum atomic E-state index is -3.74. The average molecular weight is 351 g/mol. The molecule has 2 atom stereocenters. The summed E-state index contributed by atoms with van der Waals surface area (Å²) < 4.78 is 28.4. The number of nitro benzene ring substituents is 1. The molecule has 1 saturated heterocycles. The lowest BCUT2D eigenvalue weighted by Gasteiger charge is -2.16. The number of aryl methyl sites for hydroxylation is 1. The molecule has 1 aliphatic heterocycles. The highest BCUT2D eigenvalue weighted by molar-refractivity contribution is 7.89. The Labute approximate surface area is 138 Å². The fourth-order valence-corrected chi connectivity index (χ4v) is 4.36. The van der Waals surface area contributed by atoms with Crippen LogP contribution < -0.4 is 5.73 Å². The second-order valence-electron chi connectivity index (χ2n) is 5.79. The summed E-state index contributed by atoms with van der Waals surface area (Å²) in [6, 6.07) is 4.53. The summed E-state index contributed by atoms with van der Waals surface area (Å²) in [7, 11) is -1.96. The van der Waals surface area contributed by atoms with Crippen molar-refractivity contribution in [1.82, 2.24) is 14.1 Å². The highest BCUT2D eigenvalue weighted by atomic mass is 32.2. The Bertz CT molecular complexity index is 862. The third-order valence-corrected chi connectivity index (χ3v) is 6.02. The van der Waals surface area contributed by atoms with Crippen LogP contribution in [0.3, 0.4) is 0 Å². The Morgan fingerprint density at radius 1 is 1.29 bits per heavy atom. The largest absolute Gasteiger partial charge is 0.326 e. The highest BCUT2D eigenvalue weighted by Gasteiger charge is 2.38. The molecule has 2 aromatic rings. The molecule has 1 aromatic carbocycles. The van der Waals surface area contributed by atoms with Gasteiger partial charge in [0.25, 0.3) is 5.69 Å². The molecule has 0 spiro atoms. The number of sulfonamides is 1. The fourth-order valence-electron chi connectivity index (χ4n) is 2.86. The normalized spacial score (nSPS) is 21.9. The Balaban J connectivity index is 1.84. The van der Waals surface area contributed by atoms with Crippen LogP contribution in [0, 0.1) is 10.1 Å². The molecule has 0 aliphatic carbocycles. The van der Waals surface area contributed by atoms with Gasteiger partial charge < -0.3 is 5.73 Å². The molecule has 3 rings (SSSR count). The minimum absolute atomic E-state index is 0.0205. The van der Waals surface area contributed by atoms with Gasteiger partial charge in [0, 0.05) is 50.4 Å². The standard InChI is InChI=1S/C14H17N5O4S/c1-17-7-10(6-16-17)13-8-18(9-14(13)15)24(22,23)12-4-2-11(3-5-12)19(20)21/h2-7,13-14H,8-9,15H2,1H3/t13-,14+/m0/s1. The predicted molar refractivity (Wildman–Crippen MR) is 85.8 cm³/mol. The molecular weight excluding hydrogens is 334 g/mol. The number of nitrogens with two attached hydrogens (primary N) is 1. The van der Waals surface area contributed by atoms with Gasteiger partial charge in [0.2, 0.25) is 10.0 Å². The number of hydrogen-bond acceptors (Lipinski definition) is 6. The average Bonchev–Trinajstić information content (AvgIpc) is 3.13. The van der Waals surface area contributed by atoms with Crippen molar-refractivity contribution in [3.05, 3.63) is 52.3 Å². The number of aromatic nitrogens is 2. The first kappa shape index (κ1) is 16.6. The van der Waals surface area contributed by atoms with Crippen molar-refractivity contribution in [1.29, 1.82) is 0 Å². The van der Waals surface area contributed by atoms with Crippen molar-refractivity contribution in [2.24, 2.45) is 12.8 Å². The predicted octanol–water partition coefficient (Wildman–Crippen LogP) is 0.444. The molecule has 9 nitrogen and oxygen atoms in total. The van der Waals surface area contributed by atoms with E-state index < -0.39 is 14.9 Å². The van der Waals surface area contributed by atoms with E-state index in [1.165, 1.54) is 28.6 Å². The van der Waals surface area contributed by atoms with Gasteiger partial charge in [-0.15, -0.1) is 0 Å². The van der Waals surface area contributed by atoms with Crippen LogP contribution >= 0.6 is 0 Å². The van der Waals surface area contributed by atoms with Crippen molar-refractivity contribution in [2.45, 2.75) is 16.9 Å². The van der Waals surface area contributed by atoms with E-state index in [4.69, 9.17) is 5.73 Å². The second kappa shape index (κ2) is 5.96. The number of benzene rings is 1. The molecule has 128 valence electrons. The van der Waals surface area contributed by atoms with Crippen LogP contribution in [-0.2, 0) is 17.1 Å². The van der Waals surface area contributed by atoms with Crippen LogP contribution in [-0.4, -0.2) is 46.6 Å². The molecule has 24 heavy (non-hydrogen) atoms. The smallest absolute Gasteiger partial charge is 0.269 e. The molecule has 1 aliphatic rings. The Kier molecular flexibility index (Phi) is 4.11. The van der Waals surface area contributed by atoms with Gasteiger partial charge in [0.1, 0.15) is 0 Å². The molecule has 0 amide bonds. The lowest BCUT2D eigenvalue weighted by Crippen LogP contribution is -2.32. The first-order valence-corrected chi connectivity index (χ1v) is 8.72. The maximum Gasteiger partial charge on any atom is 0.269 e. The molecule has 0 radical (unpaired) electrons. The van der Waals surface area contributed by atoms with Crippen LogP contribution in [0.2, 0.25) is 0 Å². The lowest BCUT2D eigenvalue weighted by molar-refractivity contribution is -0.384. The quantitative estimate of drug-likeness (QED) is 0.629. The zero-order chi connectivity index (χ0) is 17.5. The Morgan fingerprint density at radius 2 is 1.96 bits per heavy atom. The zero-order valence-electron chi connectivity index (χ0n) is 12.9. The fraction of sp³-hybridized carbons (Fsp3) is 0.357. The first-order chi connectivity index (χ1) is 11.3. The highest BCUT2D eigenvalue weighted by Crippen LogP contribution is 2.30. The molecule has 0 bridgehead atoms. The van der Waals surface area contributed by atoms with Crippen LogP contribution in [0.15, 0.2) is 41.6 Å². The molecule has 0 saturated carbocycles. The summed E-state index contributed by atoms with van der Waals surface area (Å²) in [5.74, 6) is -0.133. The SMILES string of the molecule is Cn1cc([C@@H]2CN(S(=O)(=O)c3ccc([N+](=O)[O-])cc3)C[C@H]2N)cn1. The van der Waals surface area contributed by atoms with Gasteiger partial charge in [-0.05, 0) is 17.7 Å². The van der Waals surface area contributed by atoms with Gasteiger partial charge in [-0.1, -0.05) is 0 Å². The van der Waals surface area contributed by atoms with E-state index in [-0.39, 0.29) is 35.6 Å². The molecule has 10 heteroatoms. The number of non-ortho nitro benzene ring substituents is 1. The lowest BCUT2D eigenvalue weighted by atomic mass is 9.98.